The van der Waals surface area contributed by atoms with Crippen LogP contribution in [-0.4, -0.2) is 5.91 Å². The van der Waals surface area contributed by atoms with Crippen molar-refractivity contribution in [2.24, 2.45) is 5.41 Å². The van der Waals surface area contributed by atoms with E-state index in [1.54, 1.807) is 24.3 Å². The van der Waals surface area contributed by atoms with E-state index in [2.05, 4.69) is 5.32 Å². The molecule has 0 saturated carbocycles. The Hall–Kier alpha value is -2.23. The first-order valence-electron chi connectivity index (χ1n) is 7.56. The van der Waals surface area contributed by atoms with Crippen LogP contribution in [0.25, 0.3) is 0 Å². The van der Waals surface area contributed by atoms with Crippen molar-refractivity contribution in [3.05, 3.63) is 71.3 Å². The third-order valence-electron chi connectivity index (χ3n) is 3.45. The Bertz CT molecular complexity index is 657. The van der Waals surface area contributed by atoms with E-state index in [0.717, 1.165) is 6.07 Å². The number of carbonyl (C=O) groups excluding carboxylic acids is 1. The fraction of sp³-hybridized carbons (Fsp3) is 0.316. The topological polar surface area (TPSA) is 29.1 Å². The van der Waals surface area contributed by atoms with Gasteiger partial charge in [-0.1, -0.05) is 39.0 Å². The van der Waals surface area contributed by atoms with Gasteiger partial charge in [0.1, 0.15) is 11.6 Å². The van der Waals surface area contributed by atoms with Gasteiger partial charge in [-0.15, -0.1) is 0 Å². The van der Waals surface area contributed by atoms with Gasteiger partial charge in [0.2, 0.25) is 0 Å². The highest BCUT2D eigenvalue weighted by molar-refractivity contribution is 5.94. The minimum absolute atomic E-state index is 0.114. The lowest BCUT2D eigenvalue weighted by atomic mass is 9.85. The second kappa shape index (κ2) is 6.90. The van der Waals surface area contributed by atoms with E-state index >= 15 is 0 Å². The minimum Gasteiger partial charge on any atom is -0.345 e. The van der Waals surface area contributed by atoms with Crippen LogP contribution in [-0.2, 0) is 0 Å². The van der Waals surface area contributed by atoms with Crippen LogP contribution >= 0.6 is 0 Å². The van der Waals surface area contributed by atoms with Crippen molar-refractivity contribution in [2.45, 2.75) is 33.2 Å². The number of carbonyl (C=O) groups is 1. The van der Waals surface area contributed by atoms with Gasteiger partial charge in [-0.2, -0.15) is 0 Å². The Balaban J connectivity index is 2.29. The van der Waals surface area contributed by atoms with Crippen LogP contribution in [0.15, 0.2) is 48.5 Å². The highest BCUT2D eigenvalue weighted by Gasteiger charge is 2.23. The molecule has 4 heteroatoms. The summed E-state index contributed by atoms with van der Waals surface area (Å²) >= 11 is 0. The van der Waals surface area contributed by atoms with Gasteiger partial charge in [-0.05, 0) is 41.7 Å². The van der Waals surface area contributed by atoms with Crippen molar-refractivity contribution in [3.8, 4) is 0 Å². The number of benzene rings is 2. The maximum absolute atomic E-state index is 13.5. The normalized spacial score (nSPS) is 12.7. The Morgan fingerprint density at radius 3 is 2.13 bits per heavy atom. The van der Waals surface area contributed by atoms with Crippen molar-refractivity contribution in [3.63, 3.8) is 0 Å². The zero-order valence-corrected chi connectivity index (χ0v) is 13.6. The van der Waals surface area contributed by atoms with Crippen molar-refractivity contribution < 1.29 is 13.6 Å². The quantitative estimate of drug-likeness (QED) is 0.856. The van der Waals surface area contributed by atoms with Gasteiger partial charge < -0.3 is 5.32 Å². The second-order valence-corrected chi connectivity index (χ2v) is 6.86. The summed E-state index contributed by atoms with van der Waals surface area (Å²) in [5.41, 5.74) is 0.835. The van der Waals surface area contributed by atoms with Gasteiger partial charge in [0.25, 0.3) is 5.91 Å². The lowest BCUT2D eigenvalue weighted by molar-refractivity contribution is 0.0926. The molecular formula is C19H21F2NO. The number of hydrogen-bond donors (Lipinski definition) is 1. The zero-order valence-electron chi connectivity index (χ0n) is 13.6. The van der Waals surface area contributed by atoms with Crippen LogP contribution in [0.5, 0.6) is 0 Å². The molecule has 0 heterocycles. The largest absolute Gasteiger partial charge is 0.345 e. The predicted octanol–water partition coefficient (Wildman–Crippen LogP) is 4.87. The van der Waals surface area contributed by atoms with Crippen molar-refractivity contribution >= 4 is 5.91 Å². The third kappa shape index (κ3) is 5.16. The fourth-order valence-corrected chi connectivity index (χ4v) is 2.47. The zero-order chi connectivity index (χ0) is 17.0. The van der Waals surface area contributed by atoms with Crippen LogP contribution in [0.4, 0.5) is 8.78 Å². The average molecular weight is 317 g/mol. The van der Waals surface area contributed by atoms with E-state index in [1.807, 2.05) is 26.8 Å². The van der Waals surface area contributed by atoms with Gasteiger partial charge in [0.15, 0.2) is 0 Å². The SMILES string of the molecule is CC(C)(C)CC(NC(=O)c1ccccc1)c1cc(F)cc(F)c1. The molecule has 0 aliphatic heterocycles. The molecule has 0 aromatic heterocycles. The standard InChI is InChI=1S/C19H21F2NO/c1-19(2,3)12-17(14-9-15(20)11-16(21)10-14)22-18(23)13-7-5-4-6-8-13/h4-11,17H,12H2,1-3H3,(H,22,23). The number of nitrogens with one attached hydrogen (secondary N) is 1. The molecule has 2 aromatic rings. The summed E-state index contributed by atoms with van der Waals surface area (Å²) in [6.45, 7) is 6.05. The molecular weight excluding hydrogens is 296 g/mol. The van der Waals surface area contributed by atoms with Crippen LogP contribution in [0.2, 0.25) is 0 Å². The molecule has 2 aromatic carbocycles. The molecule has 2 nitrogen and oxygen atoms in total. The van der Waals surface area contributed by atoms with Crippen LogP contribution < -0.4 is 5.32 Å². The molecule has 0 aliphatic carbocycles. The van der Waals surface area contributed by atoms with Crippen molar-refractivity contribution in [1.29, 1.82) is 0 Å². The van der Waals surface area contributed by atoms with Gasteiger partial charge >= 0.3 is 0 Å². The highest BCUT2D eigenvalue weighted by atomic mass is 19.1. The lowest BCUT2D eigenvalue weighted by Gasteiger charge is -2.27. The van der Waals surface area contributed by atoms with E-state index in [0.29, 0.717) is 17.5 Å². The van der Waals surface area contributed by atoms with E-state index in [9.17, 15) is 13.6 Å². The number of rotatable bonds is 4. The third-order valence-corrected chi connectivity index (χ3v) is 3.45. The number of amides is 1. The summed E-state index contributed by atoms with van der Waals surface area (Å²) in [7, 11) is 0. The molecule has 122 valence electrons. The van der Waals surface area contributed by atoms with Crippen LogP contribution in [0, 0.1) is 17.0 Å². The summed E-state index contributed by atoms with van der Waals surface area (Å²) in [5.74, 6) is -1.55. The molecule has 1 amide bonds. The second-order valence-electron chi connectivity index (χ2n) is 6.86. The van der Waals surface area contributed by atoms with Gasteiger partial charge in [-0.25, -0.2) is 8.78 Å². The Kier molecular flexibility index (Phi) is 5.14. The molecule has 23 heavy (non-hydrogen) atoms. The number of hydrogen-bond acceptors (Lipinski definition) is 1. The monoisotopic (exact) mass is 317 g/mol. The average Bonchev–Trinajstić information content (AvgIpc) is 2.45. The molecule has 0 aliphatic rings. The first-order chi connectivity index (χ1) is 10.7. The molecule has 0 radical (unpaired) electrons. The molecule has 0 spiro atoms. The fourth-order valence-electron chi connectivity index (χ4n) is 2.47. The smallest absolute Gasteiger partial charge is 0.251 e. The van der Waals surface area contributed by atoms with Gasteiger partial charge in [-0.3, -0.25) is 4.79 Å². The van der Waals surface area contributed by atoms with E-state index in [4.69, 9.17) is 0 Å². The highest BCUT2D eigenvalue weighted by Crippen LogP contribution is 2.30. The molecule has 0 bridgehead atoms. The molecule has 2 rings (SSSR count). The molecule has 1 N–H and O–H groups in total. The summed E-state index contributed by atoms with van der Waals surface area (Å²) in [5, 5.41) is 2.89. The summed E-state index contributed by atoms with van der Waals surface area (Å²) in [6, 6.07) is 11.7. The summed E-state index contributed by atoms with van der Waals surface area (Å²) in [6.07, 6.45) is 0.564. The maximum Gasteiger partial charge on any atom is 0.251 e. The minimum atomic E-state index is -0.645. The Morgan fingerprint density at radius 1 is 1.04 bits per heavy atom. The Morgan fingerprint density at radius 2 is 1.61 bits per heavy atom. The predicted molar refractivity (Wildman–Crippen MR) is 87.1 cm³/mol. The van der Waals surface area contributed by atoms with E-state index in [-0.39, 0.29) is 11.3 Å². The first kappa shape index (κ1) is 17.1. The van der Waals surface area contributed by atoms with Crippen molar-refractivity contribution in [1.82, 2.24) is 5.32 Å². The van der Waals surface area contributed by atoms with E-state index in [1.165, 1.54) is 12.1 Å². The summed E-state index contributed by atoms with van der Waals surface area (Å²) < 4.78 is 27.1. The maximum atomic E-state index is 13.5. The summed E-state index contributed by atoms with van der Waals surface area (Å²) in [4.78, 5) is 12.4. The molecule has 1 unspecified atom stereocenters. The van der Waals surface area contributed by atoms with E-state index < -0.39 is 17.7 Å². The lowest BCUT2D eigenvalue weighted by Crippen LogP contribution is -2.31. The molecule has 0 saturated heterocycles. The molecule has 0 fully saturated rings. The van der Waals surface area contributed by atoms with Gasteiger partial charge in [0.05, 0.1) is 6.04 Å². The van der Waals surface area contributed by atoms with Crippen molar-refractivity contribution in [2.75, 3.05) is 0 Å². The Labute approximate surface area is 135 Å². The number of halogens is 2. The van der Waals surface area contributed by atoms with Gasteiger partial charge in [0, 0.05) is 11.6 Å². The van der Waals surface area contributed by atoms with Crippen LogP contribution in [0.1, 0.15) is 49.2 Å². The van der Waals surface area contributed by atoms with Crippen LogP contribution in [0.3, 0.4) is 0 Å². The molecule has 1 atom stereocenters. The first-order valence-corrected chi connectivity index (χ1v) is 7.56.